The summed E-state index contributed by atoms with van der Waals surface area (Å²) in [5, 5.41) is 8.54. The number of nitrogens with zero attached hydrogens (tertiary/aromatic N) is 4. The summed E-state index contributed by atoms with van der Waals surface area (Å²) < 4.78 is 27.8. The van der Waals surface area contributed by atoms with E-state index in [1.165, 1.54) is 16.9 Å². The van der Waals surface area contributed by atoms with E-state index in [1.54, 1.807) is 0 Å². The summed E-state index contributed by atoms with van der Waals surface area (Å²) in [6.07, 6.45) is 0.195. The Balaban J connectivity index is 1.66. The Hall–Kier alpha value is -1.50. The van der Waals surface area contributed by atoms with E-state index in [0.29, 0.717) is 13.1 Å². The topological polar surface area (TPSA) is 79.7 Å². The molecule has 0 bridgehead atoms. The third kappa shape index (κ3) is 6.72. The zero-order chi connectivity index (χ0) is 18.1. The van der Waals surface area contributed by atoms with Crippen LogP contribution in [-0.2, 0) is 16.8 Å². The number of nitrogens with one attached hydrogen (secondary N) is 1. The molecular weight excluding hydrogens is 338 g/mol. The lowest BCUT2D eigenvalue weighted by atomic mass is 10.2. The Morgan fingerprint density at radius 3 is 2.44 bits per heavy atom. The molecule has 1 heterocycles. The van der Waals surface area contributed by atoms with Crippen molar-refractivity contribution in [3.8, 4) is 6.07 Å². The average Bonchev–Trinajstić information content (AvgIpc) is 2.62. The van der Waals surface area contributed by atoms with Crippen molar-refractivity contribution in [1.29, 1.82) is 5.26 Å². The minimum absolute atomic E-state index is 0.195. The SMILES string of the molecule is CN(CCC#N)S(=O)(=O)NCCN1CCN(Cc2ccccc2)CC1. The Bertz CT molecular complexity index is 651. The molecule has 1 aromatic rings. The highest BCUT2D eigenvalue weighted by molar-refractivity contribution is 7.87. The molecule has 0 spiro atoms. The van der Waals surface area contributed by atoms with Gasteiger partial charge in [-0.05, 0) is 5.56 Å². The van der Waals surface area contributed by atoms with Gasteiger partial charge in [-0.1, -0.05) is 30.3 Å². The normalized spacial score (nSPS) is 16.8. The minimum atomic E-state index is -3.49. The second-order valence-electron chi connectivity index (χ2n) is 6.23. The van der Waals surface area contributed by atoms with Gasteiger partial charge in [-0.25, -0.2) is 4.72 Å². The van der Waals surface area contributed by atoms with Gasteiger partial charge < -0.3 is 0 Å². The van der Waals surface area contributed by atoms with Crippen LogP contribution in [0.3, 0.4) is 0 Å². The minimum Gasteiger partial charge on any atom is -0.299 e. The van der Waals surface area contributed by atoms with Crippen LogP contribution in [0.2, 0.25) is 0 Å². The second-order valence-corrected chi connectivity index (χ2v) is 8.09. The van der Waals surface area contributed by atoms with Crippen molar-refractivity contribution in [1.82, 2.24) is 18.8 Å². The van der Waals surface area contributed by atoms with E-state index in [9.17, 15) is 8.42 Å². The van der Waals surface area contributed by atoms with Crippen LogP contribution in [0.5, 0.6) is 0 Å². The van der Waals surface area contributed by atoms with Crippen LogP contribution in [0.1, 0.15) is 12.0 Å². The van der Waals surface area contributed by atoms with Crippen LogP contribution in [0.15, 0.2) is 30.3 Å². The molecule has 0 unspecified atom stereocenters. The highest BCUT2D eigenvalue weighted by atomic mass is 32.2. The molecule has 1 aliphatic heterocycles. The Labute approximate surface area is 151 Å². The van der Waals surface area contributed by atoms with E-state index in [1.807, 2.05) is 12.1 Å². The summed E-state index contributed by atoms with van der Waals surface area (Å²) in [4.78, 5) is 4.70. The third-order valence-corrected chi connectivity index (χ3v) is 5.95. The maximum atomic E-state index is 12.0. The van der Waals surface area contributed by atoms with Crippen molar-refractivity contribution in [3.63, 3.8) is 0 Å². The molecule has 1 saturated heterocycles. The van der Waals surface area contributed by atoms with Gasteiger partial charge in [-0.3, -0.25) is 9.80 Å². The molecule has 1 aliphatic rings. The van der Waals surface area contributed by atoms with Crippen LogP contribution < -0.4 is 4.72 Å². The number of piperazine rings is 1. The predicted octanol–water partition coefficient (Wildman–Crippen LogP) is 0.484. The van der Waals surface area contributed by atoms with Crippen LogP contribution in [0.4, 0.5) is 0 Å². The lowest BCUT2D eigenvalue weighted by Gasteiger charge is -2.34. The highest BCUT2D eigenvalue weighted by Gasteiger charge is 2.19. The molecular formula is C17H27N5O2S. The Kier molecular flexibility index (Phi) is 7.81. The molecule has 1 N–H and O–H groups in total. The van der Waals surface area contributed by atoms with Gasteiger partial charge in [0, 0.05) is 65.8 Å². The number of hydrogen-bond acceptors (Lipinski definition) is 5. The first-order chi connectivity index (χ1) is 12.0. The summed E-state index contributed by atoms with van der Waals surface area (Å²) in [6.45, 7) is 6.13. The largest absolute Gasteiger partial charge is 0.299 e. The lowest BCUT2D eigenvalue weighted by molar-refractivity contribution is 0.129. The van der Waals surface area contributed by atoms with Crippen molar-refractivity contribution >= 4 is 10.2 Å². The van der Waals surface area contributed by atoms with Crippen molar-refractivity contribution in [2.75, 3.05) is 52.9 Å². The van der Waals surface area contributed by atoms with Crippen LogP contribution in [0.25, 0.3) is 0 Å². The summed E-state index contributed by atoms with van der Waals surface area (Å²) in [5.41, 5.74) is 1.32. The van der Waals surface area contributed by atoms with Crippen molar-refractivity contribution < 1.29 is 8.42 Å². The molecule has 2 rings (SSSR count). The number of rotatable bonds is 9. The fraction of sp³-hybridized carbons (Fsp3) is 0.588. The van der Waals surface area contributed by atoms with Gasteiger partial charge in [0.25, 0.3) is 10.2 Å². The second kappa shape index (κ2) is 9.85. The molecule has 1 fully saturated rings. The zero-order valence-electron chi connectivity index (χ0n) is 14.8. The monoisotopic (exact) mass is 365 g/mol. The first-order valence-electron chi connectivity index (χ1n) is 8.58. The smallest absolute Gasteiger partial charge is 0.279 e. The molecule has 0 aliphatic carbocycles. The molecule has 0 aromatic heterocycles. The maximum absolute atomic E-state index is 12.0. The molecule has 0 amide bonds. The summed E-state index contributed by atoms with van der Waals surface area (Å²) in [5.74, 6) is 0. The fourth-order valence-corrected chi connectivity index (χ4v) is 3.68. The van der Waals surface area contributed by atoms with Crippen molar-refractivity contribution in [2.45, 2.75) is 13.0 Å². The number of benzene rings is 1. The van der Waals surface area contributed by atoms with E-state index < -0.39 is 10.2 Å². The average molecular weight is 366 g/mol. The Morgan fingerprint density at radius 1 is 1.16 bits per heavy atom. The van der Waals surface area contributed by atoms with Gasteiger partial charge in [0.05, 0.1) is 6.07 Å². The van der Waals surface area contributed by atoms with Gasteiger partial charge in [0.1, 0.15) is 0 Å². The number of nitriles is 1. The third-order valence-electron chi connectivity index (χ3n) is 4.38. The van der Waals surface area contributed by atoms with Gasteiger partial charge >= 0.3 is 0 Å². The molecule has 25 heavy (non-hydrogen) atoms. The molecule has 138 valence electrons. The molecule has 0 radical (unpaired) electrons. The highest BCUT2D eigenvalue weighted by Crippen LogP contribution is 2.08. The van der Waals surface area contributed by atoms with E-state index >= 15 is 0 Å². The van der Waals surface area contributed by atoms with Crippen molar-refractivity contribution in [3.05, 3.63) is 35.9 Å². The van der Waals surface area contributed by atoms with E-state index in [4.69, 9.17) is 5.26 Å². The van der Waals surface area contributed by atoms with E-state index in [2.05, 4.69) is 38.8 Å². The van der Waals surface area contributed by atoms with E-state index in [0.717, 1.165) is 32.7 Å². The molecule has 1 aromatic carbocycles. The quantitative estimate of drug-likeness (QED) is 0.689. The molecule has 0 atom stereocenters. The molecule has 8 heteroatoms. The van der Waals surface area contributed by atoms with Gasteiger partial charge in [0.2, 0.25) is 0 Å². The molecule has 7 nitrogen and oxygen atoms in total. The number of hydrogen-bond donors (Lipinski definition) is 1. The predicted molar refractivity (Wildman–Crippen MR) is 97.9 cm³/mol. The Morgan fingerprint density at radius 2 is 1.80 bits per heavy atom. The van der Waals surface area contributed by atoms with Crippen LogP contribution in [0, 0.1) is 11.3 Å². The van der Waals surface area contributed by atoms with E-state index in [-0.39, 0.29) is 13.0 Å². The lowest BCUT2D eigenvalue weighted by Crippen LogP contribution is -2.49. The summed E-state index contributed by atoms with van der Waals surface area (Å²) in [6, 6.07) is 12.4. The summed E-state index contributed by atoms with van der Waals surface area (Å²) >= 11 is 0. The van der Waals surface area contributed by atoms with Gasteiger partial charge in [-0.2, -0.15) is 18.0 Å². The first kappa shape index (κ1) is 19.8. The maximum Gasteiger partial charge on any atom is 0.279 e. The van der Waals surface area contributed by atoms with Gasteiger partial charge in [0.15, 0.2) is 0 Å². The standard InChI is InChI=1S/C17H27N5O2S/c1-20(10-5-8-18)25(23,24)19-9-11-21-12-14-22(15-13-21)16-17-6-3-2-4-7-17/h2-4,6-7,19H,5,9-16H2,1H3. The zero-order valence-corrected chi connectivity index (χ0v) is 15.6. The first-order valence-corrected chi connectivity index (χ1v) is 10.0. The summed E-state index contributed by atoms with van der Waals surface area (Å²) in [7, 11) is -2.00. The molecule has 0 saturated carbocycles. The van der Waals surface area contributed by atoms with Crippen LogP contribution >= 0.6 is 0 Å². The fourth-order valence-electron chi connectivity index (χ4n) is 2.78. The van der Waals surface area contributed by atoms with Crippen molar-refractivity contribution in [2.24, 2.45) is 0 Å². The van der Waals surface area contributed by atoms with Gasteiger partial charge in [-0.15, -0.1) is 0 Å². The van der Waals surface area contributed by atoms with Crippen LogP contribution in [-0.4, -0.2) is 75.4 Å².